The summed E-state index contributed by atoms with van der Waals surface area (Å²) >= 11 is 1.26. The lowest BCUT2D eigenvalue weighted by atomic mass is 10.1. The van der Waals surface area contributed by atoms with Gasteiger partial charge in [-0.25, -0.2) is 8.42 Å². The fourth-order valence-corrected chi connectivity index (χ4v) is 5.24. The maximum atomic E-state index is 12.7. The van der Waals surface area contributed by atoms with Crippen molar-refractivity contribution in [1.82, 2.24) is 19.1 Å². The topological polar surface area (TPSA) is 108 Å². The Morgan fingerprint density at radius 3 is 2.53 bits per heavy atom. The van der Waals surface area contributed by atoms with Crippen LogP contribution in [0.5, 0.6) is 0 Å². The monoisotopic (exact) mass is 448 g/mol. The van der Waals surface area contributed by atoms with E-state index >= 15 is 0 Å². The number of aromatic nitrogens is 3. The highest BCUT2D eigenvalue weighted by molar-refractivity contribution is 7.99. The number of hydrogen-bond acceptors (Lipinski definition) is 8. The van der Waals surface area contributed by atoms with E-state index in [0.29, 0.717) is 48.6 Å². The van der Waals surface area contributed by atoms with E-state index in [1.165, 1.54) is 28.2 Å². The van der Waals surface area contributed by atoms with Crippen LogP contribution in [0.2, 0.25) is 0 Å². The second-order valence-corrected chi connectivity index (χ2v) is 9.48. The van der Waals surface area contributed by atoms with Crippen molar-refractivity contribution in [2.45, 2.75) is 10.1 Å². The molecule has 3 aromatic rings. The molecule has 0 unspecified atom stereocenters. The van der Waals surface area contributed by atoms with Gasteiger partial charge in [0.05, 0.1) is 30.1 Å². The van der Waals surface area contributed by atoms with Gasteiger partial charge in [0.2, 0.25) is 10.0 Å². The molecule has 4 rings (SSSR count). The van der Waals surface area contributed by atoms with Gasteiger partial charge in [0.1, 0.15) is 0 Å². The lowest BCUT2D eigenvalue weighted by Gasteiger charge is -2.26. The Morgan fingerprint density at radius 2 is 1.87 bits per heavy atom. The zero-order chi connectivity index (χ0) is 21.1. The number of ketones is 1. The summed E-state index contributed by atoms with van der Waals surface area (Å²) in [4.78, 5) is 12.7. The first-order valence-corrected chi connectivity index (χ1v) is 11.7. The molecule has 0 amide bonds. The molecule has 0 radical (unpaired) electrons. The Hall–Kier alpha value is -2.47. The van der Waals surface area contributed by atoms with E-state index in [2.05, 4.69) is 10.2 Å². The molecule has 1 saturated heterocycles. The molecule has 0 aliphatic carbocycles. The van der Waals surface area contributed by atoms with Crippen molar-refractivity contribution in [1.29, 1.82) is 0 Å². The lowest BCUT2D eigenvalue weighted by molar-refractivity contribution is 0.0730. The summed E-state index contributed by atoms with van der Waals surface area (Å²) in [6.07, 6.45) is 1.56. The molecule has 1 fully saturated rings. The molecule has 0 saturated carbocycles. The Balaban J connectivity index is 1.41. The Morgan fingerprint density at radius 1 is 1.13 bits per heavy atom. The van der Waals surface area contributed by atoms with Gasteiger partial charge in [0, 0.05) is 25.7 Å². The molecule has 1 aliphatic rings. The van der Waals surface area contributed by atoms with Crippen LogP contribution in [0.25, 0.3) is 11.6 Å². The average Bonchev–Trinajstić information content (AvgIpc) is 3.42. The van der Waals surface area contributed by atoms with Crippen LogP contribution >= 0.6 is 11.8 Å². The van der Waals surface area contributed by atoms with Gasteiger partial charge < -0.3 is 13.7 Å². The largest absolute Gasteiger partial charge is 0.461 e. The van der Waals surface area contributed by atoms with E-state index in [1.807, 2.05) is 0 Å². The number of benzene rings is 1. The van der Waals surface area contributed by atoms with Crippen molar-refractivity contribution in [3.05, 3.63) is 48.2 Å². The summed E-state index contributed by atoms with van der Waals surface area (Å²) in [6.45, 7) is 1.43. The second-order valence-electron chi connectivity index (χ2n) is 6.60. The number of Topliss-reactive ketones (excluding diaryl/α,β-unsaturated/α-hetero) is 1. The van der Waals surface area contributed by atoms with Crippen LogP contribution in [0.15, 0.2) is 57.1 Å². The van der Waals surface area contributed by atoms with Crippen molar-refractivity contribution in [3.8, 4) is 11.6 Å². The summed E-state index contributed by atoms with van der Waals surface area (Å²) < 4.78 is 39.0. The van der Waals surface area contributed by atoms with Crippen LogP contribution in [0, 0.1) is 0 Å². The first kappa shape index (κ1) is 20.8. The highest BCUT2D eigenvalue weighted by Crippen LogP contribution is 2.24. The van der Waals surface area contributed by atoms with Crippen molar-refractivity contribution in [2.75, 3.05) is 32.1 Å². The zero-order valence-corrected chi connectivity index (χ0v) is 17.9. The van der Waals surface area contributed by atoms with Gasteiger partial charge in [-0.05, 0) is 24.3 Å². The molecule has 2 aromatic heterocycles. The summed E-state index contributed by atoms with van der Waals surface area (Å²) in [5, 5.41) is 8.79. The Kier molecular flexibility index (Phi) is 6.04. The number of thioether (sulfide) groups is 1. The first-order chi connectivity index (χ1) is 14.5. The van der Waals surface area contributed by atoms with E-state index in [0.717, 1.165) is 0 Å². The van der Waals surface area contributed by atoms with Gasteiger partial charge in [-0.15, -0.1) is 10.2 Å². The minimum Gasteiger partial charge on any atom is -0.461 e. The molecule has 11 heteroatoms. The summed E-state index contributed by atoms with van der Waals surface area (Å²) in [5.74, 6) is 1.20. The number of sulfonamides is 1. The van der Waals surface area contributed by atoms with Gasteiger partial charge in [0.25, 0.3) is 0 Å². The number of ether oxygens (including phenoxy) is 1. The molecule has 9 nitrogen and oxygen atoms in total. The van der Waals surface area contributed by atoms with Crippen molar-refractivity contribution < 1.29 is 22.4 Å². The van der Waals surface area contributed by atoms with E-state index in [1.54, 1.807) is 42.1 Å². The minimum atomic E-state index is -3.58. The molecule has 0 N–H and O–H groups in total. The van der Waals surface area contributed by atoms with Gasteiger partial charge in [-0.2, -0.15) is 4.31 Å². The second kappa shape index (κ2) is 8.72. The SMILES string of the molecule is Cn1c(SCC(=O)c2ccc(S(=O)(=O)N3CCOCC3)cc2)nnc1-c1ccco1. The Bertz CT molecular complexity index is 1120. The first-order valence-electron chi connectivity index (χ1n) is 9.24. The molecule has 3 heterocycles. The fraction of sp³-hybridized carbons (Fsp3) is 0.316. The van der Waals surface area contributed by atoms with Gasteiger partial charge >= 0.3 is 0 Å². The van der Waals surface area contributed by atoms with Crippen molar-refractivity contribution >= 4 is 27.6 Å². The predicted molar refractivity (Wildman–Crippen MR) is 110 cm³/mol. The van der Waals surface area contributed by atoms with Gasteiger partial charge in [-0.3, -0.25) is 4.79 Å². The van der Waals surface area contributed by atoms with E-state index in [-0.39, 0.29) is 16.4 Å². The van der Waals surface area contributed by atoms with Crippen LogP contribution in [0.1, 0.15) is 10.4 Å². The highest BCUT2D eigenvalue weighted by Gasteiger charge is 2.26. The van der Waals surface area contributed by atoms with Crippen LogP contribution in [-0.2, 0) is 21.8 Å². The maximum absolute atomic E-state index is 12.7. The number of nitrogens with zero attached hydrogens (tertiary/aromatic N) is 4. The number of carbonyl (C=O) groups excluding carboxylic acids is 1. The molecular formula is C19H20N4O5S2. The molecule has 0 bridgehead atoms. The molecule has 1 aliphatic heterocycles. The van der Waals surface area contributed by atoms with E-state index in [9.17, 15) is 13.2 Å². The third kappa shape index (κ3) is 4.19. The Labute approximate surface area is 178 Å². The molecule has 0 atom stereocenters. The standard InChI is InChI=1S/C19H20N4O5S2/c1-22-18(17-3-2-10-28-17)20-21-19(22)29-13-16(24)14-4-6-15(7-5-14)30(25,26)23-8-11-27-12-9-23/h2-7,10H,8-9,11-13H2,1H3. The number of hydrogen-bond donors (Lipinski definition) is 0. The van der Waals surface area contributed by atoms with Crippen molar-refractivity contribution in [2.24, 2.45) is 7.05 Å². The molecule has 1 aromatic carbocycles. The molecule has 158 valence electrons. The zero-order valence-electron chi connectivity index (χ0n) is 16.2. The number of carbonyl (C=O) groups is 1. The molecule has 30 heavy (non-hydrogen) atoms. The highest BCUT2D eigenvalue weighted by atomic mass is 32.2. The van der Waals surface area contributed by atoms with Gasteiger partial charge in [-0.1, -0.05) is 23.9 Å². The predicted octanol–water partition coefficient (Wildman–Crippen LogP) is 2.07. The summed E-state index contributed by atoms with van der Waals surface area (Å²) in [7, 11) is -1.78. The number of furan rings is 1. The maximum Gasteiger partial charge on any atom is 0.243 e. The average molecular weight is 449 g/mol. The van der Waals surface area contributed by atoms with Crippen LogP contribution in [0.3, 0.4) is 0 Å². The third-order valence-corrected chi connectivity index (χ3v) is 7.63. The van der Waals surface area contributed by atoms with Crippen LogP contribution in [0.4, 0.5) is 0 Å². The third-order valence-electron chi connectivity index (χ3n) is 4.69. The quantitative estimate of drug-likeness (QED) is 0.399. The lowest BCUT2D eigenvalue weighted by Crippen LogP contribution is -2.40. The van der Waals surface area contributed by atoms with E-state index in [4.69, 9.17) is 9.15 Å². The van der Waals surface area contributed by atoms with Crippen molar-refractivity contribution in [3.63, 3.8) is 0 Å². The number of morpholine rings is 1. The summed E-state index contributed by atoms with van der Waals surface area (Å²) in [5.41, 5.74) is 0.442. The number of rotatable bonds is 7. The van der Waals surface area contributed by atoms with Gasteiger partial charge in [0.15, 0.2) is 22.5 Å². The smallest absolute Gasteiger partial charge is 0.243 e. The normalized spacial score (nSPS) is 15.4. The fourth-order valence-electron chi connectivity index (χ4n) is 3.02. The van der Waals surface area contributed by atoms with Crippen LogP contribution in [-0.4, -0.2) is 65.3 Å². The molecule has 0 spiro atoms. The summed E-state index contributed by atoms with van der Waals surface area (Å²) in [6, 6.07) is 9.59. The van der Waals surface area contributed by atoms with E-state index < -0.39 is 10.0 Å². The molecular weight excluding hydrogens is 428 g/mol. The van der Waals surface area contributed by atoms with Crippen LogP contribution < -0.4 is 0 Å². The minimum absolute atomic E-state index is 0.127.